The van der Waals surface area contributed by atoms with Gasteiger partial charge in [0.25, 0.3) is 0 Å². The molecule has 0 fully saturated rings. The van der Waals surface area contributed by atoms with Gasteiger partial charge in [-0.3, -0.25) is 4.79 Å². The summed E-state index contributed by atoms with van der Waals surface area (Å²) in [5.74, 6) is 0.605. The van der Waals surface area contributed by atoms with E-state index in [1.807, 2.05) is 43.3 Å². The van der Waals surface area contributed by atoms with Crippen molar-refractivity contribution in [2.75, 3.05) is 0 Å². The van der Waals surface area contributed by atoms with Crippen LogP contribution in [0.3, 0.4) is 0 Å². The Labute approximate surface area is 134 Å². The highest BCUT2D eigenvalue weighted by atomic mass is 16.5. The summed E-state index contributed by atoms with van der Waals surface area (Å²) in [5.41, 5.74) is 2.28. The van der Waals surface area contributed by atoms with Crippen LogP contribution >= 0.6 is 0 Å². The van der Waals surface area contributed by atoms with Gasteiger partial charge in [0.1, 0.15) is 12.4 Å². The molecule has 0 spiro atoms. The van der Waals surface area contributed by atoms with Crippen LogP contribution in [-0.2, 0) is 6.61 Å². The first kappa shape index (κ1) is 15.3. The summed E-state index contributed by atoms with van der Waals surface area (Å²) in [4.78, 5) is 14.5. The number of H-pyrrole nitrogens is 1. The first-order chi connectivity index (χ1) is 11.2. The molecule has 0 saturated heterocycles. The summed E-state index contributed by atoms with van der Waals surface area (Å²) >= 11 is 0. The summed E-state index contributed by atoms with van der Waals surface area (Å²) in [6.07, 6.45) is 0.0462. The average Bonchev–Trinajstić information content (AvgIpc) is 2.59. The maximum absolute atomic E-state index is 11.7. The number of fused-ring (bicyclic) bond motifs is 1. The fraction of sp³-hybridized carbons (Fsp3) is 0.211. The van der Waals surface area contributed by atoms with Gasteiger partial charge in [-0.05, 0) is 29.7 Å². The molecule has 4 nitrogen and oxygen atoms in total. The van der Waals surface area contributed by atoms with Gasteiger partial charge in [-0.25, -0.2) is 0 Å². The fourth-order valence-corrected chi connectivity index (χ4v) is 2.61. The van der Waals surface area contributed by atoms with Crippen molar-refractivity contribution in [3.05, 3.63) is 76.1 Å². The van der Waals surface area contributed by atoms with Crippen LogP contribution in [-0.4, -0.2) is 10.1 Å². The molecule has 3 rings (SSSR count). The van der Waals surface area contributed by atoms with E-state index >= 15 is 0 Å². The Kier molecular flexibility index (Phi) is 4.44. The molecule has 118 valence electrons. The third-order valence-corrected chi connectivity index (χ3v) is 3.87. The smallest absolute Gasteiger partial charge is 0.248 e. The zero-order chi connectivity index (χ0) is 16.2. The molecule has 1 heterocycles. The third-order valence-electron chi connectivity index (χ3n) is 3.87. The van der Waals surface area contributed by atoms with Gasteiger partial charge in [-0.1, -0.05) is 43.3 Å². The predicted octanol–water partition coefficient (Wildman–Crippen LogP) is 3.55. The fourth-order valence-electron chi connectivity index (χ4n) is 2.61. The van der Waals surface area contributed by atoms with E-state index in [1.165, 1.54) is 6.07 Å². The molecule has 0 radical (unpaired) electrons. The van der Waals surface area contributed by atoms with Gasteiger partial charge in [0.15, 0.2) is 0 Å². The molecule has 2 aromatic carbocycles. The lowest BCUT2D eigenvalue weighted by Crippen LogP contribution is -2.07. The Morgan fingerprint density at radius 1 is 1.09 bits per heavy atom. The van der Waals surface area contributed by atoms with Crippen LogP contribution in [0.4, 0.5) is 0 Å². The molecular weight excluding hydrogens is 290 g/mol. The number of pyridine rings is 1. The average molecular weight is 309 g/mol. The molecule has 1 aromatic heterocycles. The van der Waals surface area contributed by atoms with Crippen molar-refractivity contribution in [1.82, 2.24) is 4.98 Å². The van der Waals surface area contributed by atoms with Crippen molar-refractivity contribution in [3.8, 4) is 5.75 Å². The first-order valence-electron chi connectivity index (χ1n) is 7.69. The van der Waals surface area contributed by atoms with Gasteiger partial charge in [0.2, 0.25) is 5.56 Å². The standard InChI is InChI=1S/C19H19NO3/c1-2-16(21)14-8-10-17(19-15(14)9-11-18(22)20-19)23-12-13-6-4-3-5-7-13/h3-11,16,21H,2,12H2,1H3,(H,20,22)/t16-/m0/s1. The molecule has 2 N–H and O–H groups in total. The monoisotopic (exact) mass is 309 g/mol. The number of aliphatic hydroxyl groups excluding tert-OH is 1. The van der Waals surface area contributed by atoms with Crippen molar-refractivity contribution in [2.24, 2.45) is 0 Å². The summed E-state index contributed by atoms with van der Waals surface area (Å²) in [7, 11) is 0. The van der Waals surface area contributed by atoms with E-state index in [9.17, 15) is 9.90 Å². The second kappa shape index (κ2) is 6.67. The van der Waals surface area contributed by atoms with Crippen molar-refractivity contribution >= 4 is 10.9 Å². The SMILES string of the molecule is CC[C@H](O)c1ccc(OCc2ccccc2)c2[nH]c(=O)ccc12. The summed E-state index contributed by atoms with van der Waals surface area (Å²) in [6.45, 7) is 2.34. The van der Waals surface area contributed by atoms with Gasteiger partial charge in [0.05, 0.1) is 11.6 Å². The number of hydrogen-bond donors (Lipinski definition) is 2. The molecule has 0 aliphatic carbocycles. The van der Waals surface area contributed by atoms with Crippen molar-refractivity contribution in [1.29, 1.82) is 0 Å². The van der Waals surface area contributed by atoms with Crippen LogP contribution in [0.5, 0.6) is 5.75 Å². The number of rotatable bonds is 5. The Hall–Kier alpha value is -2.59. The van der Waals surface area contributed by atoms with E-state index in [1.54, 1.807) is 12.1 Å². The molecule has 0 aliphatic heterocycles. The molecule has 0 amide bonds. The van der Waals surface area contributed by atoms with Crippen LogP contribution in [0.15, 0.2) is 59.4 Å². The lowest BCUT2D eigenvalue weighted by Gasteiger charge is -2.15. The van der Waals surface area contributed by atoms with Gasteiger partial charge >= 0.3 is 0 Å². The third kappa shape index (κ3) is 3.27. The number of nitrogens with one attached hydrogen (secondary N) is 1. The van der Waals surface area contributed by atoms with E-state index in [0.717, 1.165) is 16.5 Å². The summed E-state index contributed by atoms with van der Waals surface area (Å²) in [5, 5.41) is 11.0. The lowest BCUT2D eigenvalue weighted by molar-refractivity contribution is 0.175. The molecule has 0 unspecified atom stereocenters. The minimum absolute atomic E-state index is 0.190. The molecule has 0 bridgehead atoms. The molecule has 3 aromatic rings. The Morgan fingerprint density at radius 3 is 2.61 bits per heavy atom. The quantitative estimate of drug-likeness (QED) is 0.757. The Bertz CT molecular complexity index is 855. The van der Waals surface area contributed by atoms with E-state index in [2.05, 4.69) is 4.98 Å². The number of aromatic nitrogens is 1. The topological polar surface area (TPSA) is 62.3 Å². The van der Waals surface area contributed by atoms with E-state index in [4.69, 9.17) is 4.74 Å². The van der Waals surface area contributed by atoms with Gasteiger partial charge in [-0.15, -0.1) is 0 Å². The largest absolute Gasteiger partial charge is 0.487 e. The van der Waals surface area contributed by atoms with Gasteiger partial charge in [-0.2, -0.15) is 0 Å². The number of ether oxygens (including phenoxy) is 1. The van der Waals surface area contributed by atoms with Crippen molar-refractivity contribution in [3.63, 3.8) is 0 Å². The zero-order valence-corrected chi connectivity index (χ0v) is 13.0. The number of aliphatic hydroxyl groups is 1. The lowest BCUT2D eigenvalue weighted by atomic mass is 10.0. The van der Waals surface area contributed by atoms with Crippen LogP contribution in [0, 0.1) is 0 Å². The second-order valence-electron chi connectivity index (χ2n) is 5.46. The van der Waals surface area contributed by atoms with Crippen molar-refractivity contribution < 1.29 is 9.84 Å². The molecule has 0 saturated carbocycles. The molecule has 1 atom stereocenters. The second-order valence-corrected chi connectivity index (χ2v) is 5.46. The predicted molar refractivity (Wildman–Crippen MR) is 90.6 cm³/mol. The van der Waals surface area contributed by atoms with Crippen LogP contribution in [0.1, 0.15) is 30.6 Å². The summed E-state index contributed by atoms with van der Waals surface area (Å²) < 4.78 is 5.88. The highest BCUT2D eigenvalue weighted by Crippen LogP contribution is 2.31. The molecular formula is C19H19NO3. The normalized spacial score (nSPS) is 12.3. The summed E-state index contributed by atoms with van der Waals surface area (Å²) in [6, 6.07) is 16.7. The van der Waals surface area contributed by atoms with E-state index in [-0.39, 0.29) is 5.56 Å². The zero-order valence-electron chi connectivity index (χ0n) is 13.0. The number of benzene rings is 2. The van der Waals surface area contributed by atoms with Gasteiger partial charge < -0.3 is 14.8 Å². The van der Waals surface area contributed by atoms with Crippen LogP contribution in [0.2, 0.25) is 0 Å². The van der Waals surface area contributed by atoms with Crippen LogP contribution in [0.25, 0.3) is 10.9 Å². The maximum Gasteiger partial charge on any atom is 0.248 e. The number of hydrogen-bond acceptors (Lipinski definition) is 3. The minimum Gasteiger partial charge on any atom is -0.487 e. The highest BCUT2D eigenvalue weighted by molar-refractivity contribution is 5.87. The highest BCUT2D eigenvalue weighted by Gasteiger charge is 2.13. The van der Waals surface area contributed by atoms with Crippen LogP contribution < -0.4 is 10.3 Å². The first-order valence-corrected chi connectivity index (χ1v) is 7.69. The Morgan fingerprint density at radius 2 is 1.87 bits per heavy atom. The molecule has 4 heteroatoms. The van der Waals surface area contributed by atoms with Gasteiger partial charge in [0, 0.05) is 11.5 Å². The maximum atomic E-state index is 11.7. The Balaban J connectivity index is 2.00. The van der Waals surface area contributed by atoms with Crippen molar-refractivity contribution in [2.45, 2.75) is 26.1 Å². The molecule has 23 heavy (non-hydrogen) atoms. The van der Waals surface area contributed by atoms with E-state index in [0.29, 0.717) is 24.3 Å². The number of aromatic amines is 1. The van der Waals surface area contributed by atoms with E-state index < -0.39 is 6.10 Å². The minimum atomic E-state index is -0.563. The molecule has 0 aliphatic rings.